The third-order valence-corrected chi connectivity index (χ3v) is 2.59. The first kappa shape index (κ1) is 10.9. The van der Waals surface area contributed by atoms with Crippen molar-refractivity contribution in [1.29, 1.82) is 0 Å². The molecule has 1 aliphatic carbocycles. The van der Waals surface area contributed by atoms with Crippen LogP contribution >= 0.6 is 0 Å². The summed E-state index contributed by atoms with van der Waals surface area (Å²) in [5, 5.41) is 3.06. The lowest BCUT2D eigenvalue weighted by molar-refractivity contribution is -0.161. The Morgan fingerprint density at radius 2 is 2.23 bits per heavy atom. The van der Waals surface area contributed by atoms with E-state index in [1.165, 1.54) is 0 Å². The third kappa shape index (κ3) is 4.00. The van der Waals surface area contributed by atoms with E-state index in [0.717, 1.165) is 32.2 Å². The first-order chi connectivity index (χ1) is 6.22. The predicted molar refractivity (Wildman–Crippen MR) is 46.8 cm³/mol. The Hall–Kier alpha value is -0.220. The van der Waals surface area contributed by atoms with E-state index in [1.807, 2.05) is 7.05 Å². The Morgan fingerprint density at radius 3 is 2.85 bits per heavy atom. The van der Waals surface area contributed by atoms with Crippen molar-refractivity contribution in [2.75, 3.05) is 13.6 Å². The smallest absolute Gasteiger partial charge is 0.320 e. The van der Waals surface area contributed by atoms with Gasteiger partial charge in [-0.05, 0) is 45.2 Å². The number of alkyl halides is 2. The summed E-state index contributed by atoms with van der Waals surface area (Å²) in [6.45, 7) is -1.64. The molecule has 1 rings (SSSR count). The fraction of sp³-hybridized carbons (Fsp3) is 1.00. The molecule has 0 heterocycles. The lowest BCUT2D eigenvalue weighted by Gasteiger charge is -2.11. The first-order valence-corrected chi connectivity index (χ1v) is 4.80. The molecule has 0 radical (unpaired) electrons. The number of rotatable bonds is 5. The monoisotopic (exact) mass is 193 g/mol. The molecule has 13 heavy (non-hydrogen) atoms. The van der Waals surface area contributed by atoms with Crippen LogP contribution in [0.25, 0.3) is 0 Å². The van der Waals surface area contributed by atoms with Crippen LogP contribution in [0.3, 0.4) is 0 Å². The fourth-order valence-electron chi connectivity index (χ4n) is 1.91. The Bertz CT molecular complexity index is 144. The summed E-state index contributed by atoms with van der Waals surface area (Å²) >= 11 is 0. The molecule has 1 saturated carbocycles. The zero-order valence-electron chi connectivity index (χ0n) is 7.93. The van der Waals surface area contributed by atoms with E-state index in [1.54, 1.807) is 0 Å². The van der Waals surface area contributed by atoms with E-state index in [2.05, 4.69) is 10.1 Å². The van der Waals surface area contributed by atoms with Crippen molar-refractivity contribution in [3.63, 3.8) is 0 Å². The lowest BCUT2D eigenvalue weighted by Crippen LogP contribution is -2.15. The molecule has 0 saturated heterocycles. The number of hydrogen-bond donors (Lipinski definition) is 1. The summed E-state index contributed by atoms with van der Waals surface area (Å²) < 4.78 is 28.1. The average Bonchev–Trinajstić information content (AvgIpc) is 2.48. The van der Waals surface area contributed by atoms with Crippen LogP contribution < -0.4 is 5.32 Å². The van der Waals surface area contributed by atoms with Crippen molar-refractivity contribution in [2.45, 2.75) is 38.4 Å². The topological polar surface area (TPSA) is 21.3 Å². The summed E-state index contributed by atoms with van der Waals surface area (Å²) in [5.41, 5.74) is 0. The van der Waals surface area contributed by atoms with E-state index in [4.69, 9.17) is 0 Å². The van der Waals surface area contributed by atoms with Crippen LogP contribution in [0.2, 0.25) is 0 Å². The van der Waals surface area contributed by atoms with E-state index in [-0.39, 0.29) is 6.10 Å². The van der Waals surface area contributed by atoms with Gasteiger partial charge in [0.2, 0.25) is 0 Å². The number of halogens is 2. The largest absolute Gasteiger partial charge is 0.345 e. The maximum atomic E-state index is 11.8. The Labute approximate surface area is 77.6 Å². The number of ether oxygens (including phenoxy) is 1. The zero-order valence-corrected chi connectivity index (χ0v) is 7.93. The molecule has 0 aromatic rings. The second-order valence-corrected chi connectivity index (χ2v) is 3.59. The molecular formula is C9H17F2NO. The second kappa shape index (κ2) is 5.50. The molecule has 2 atom stereocenters. The Morgan fingerprint density at radius 1 is 1.46 bits per heavy atom. The minimum absolute atomic E-state index is 0.207. The van der Waals surface area contributed by atoms with Crippen molar-refractivity contribution in [2.24, 2.45) is 5.92 Å². The normalized spacial score (nSPS) is 28.6. The molecule has 0 aromatic heterocycles. The zero-order chi connectivity index (χ0) is 9.68. The molecule has 0 aromatic carbocycles. The molecule has 2 nitrogen and oxygen atoms in total. The molecule has 0 amide bonds. The van der Waals surface area contributed by atoms with Crippen molar-refractivity contribution in [3.05, 3.63) is 0 Å². The van der Waals surface area contributed by atoms with Gasteiger partial charge in [0.25, 0.3) is 0 Å². The minimum Gasteiger partial charge on any atom is -0.320 e. The number of hydrogen-bond acceptors (Lipinski definition) is 2. The fourth-order valence-corrected chi connectivity index (χ4v) is 1.91. The van der Waals surface area contributed by atoms with Gasteiger partial charge in [0.15, 0.2) is 0 Å². The predicted octanol–water partition coefficient (Wildman–Crippen LogP) is 2.00. The molecule has 4 heteroatoms. The second-order valence-electron chi connectivity index (χ2n) is 3.59. The quantitative estimate of drug-likeness (QED) is 0.721. The number of nitrogens with one attached hydrogen (secondary N) is 1. The minimum atomic E-state index is -2.60. The Kier molecular flexibility index (Phi) is 4.59. The van der Waals surface area contributed by atoms with Crippen LogP contribution in [0.15, 0.2) is 0 Å². The van der Waals surface area contributed by atoms with Gasteiger partial charge in [-0.1, -0.05) is 0 Å². The highest BCUT2D eigenvalue weighted by Gasteiger charge is 2.26. The van der Waals surface area contributed by atoms with Crippen molar-refractivity contribution >= 4 is 0 Å². The van der Waals surface area contributed by atoms with Gasteiger partial charge in [-0.2, -0.15) is 8.78 Å². The van der Waals surface area contributed by atoms with Gasteiger partial charge in [0, 0.05) is 0 Å². The Balaban J connectivity index is 2.12. The summed E-state index contributed by atoms with van der Waals surface area (Å²) in [6.07, 6.45) is 3.48. The SMILES string of the molecule is CNCCC1CCC(OC(F)F)C1. The van der Waals surface area contributed by atoms with E-state index in [9.17, 15) is 8.78 Å². The molecular weight excluding hydrogens is 176 g/mol. The third-order valence-electron chi connectivity index (χ3n) is 2.59. The molecule has 2 unspecified atom stereocenters. The van der Waals surface area contributed by atoms with Crippen LogP contribution in [0.1, 0.15) is 25.7 Å². The summed E-state index contributed by atoms with van der Waals surface area (Å²) in [4.78, 5) is 0. The van der Waals surface area contributed by atoms with Crippen molar-refractivity contribution in [1.82, 2.24) is 5.32 Å². The first-order valence-electron chi connectivity index (χ1n) is 4.80. The van der Waals surface area contributed by atoms with Gasteiger partial charge in [-0.15, -0.1) is 0 Å². The molecule has 1 fully saturated rings. The molecule has 78 valence electrons. The van der Waals surface area contributed by atoms with Crippen molar-refractivity contribution in [3.8, 4) is 0 Å². The van der Waals surface area contributed by atoms with Crippen LogP contribution in [-0.4, -0.2) is 26.3 Å². The molecule has 1 N–H and O–H groups in total. The maximum Gasteiger partial charge on any atom is 0.345 e. The van der Waals surface area contributed by atoms with Crippen molar-refractivity contribution < 1.29 is 13.5 Å². The van der Waals surface area contributed by atoms with Crippen LogP contribution in [0.5, 0.6) is 0 Å². The van der Waals surface area contributed by atoms with Gasteiger partial charge in [-0.3, -0.25) is 0 Å². The molecule has 0 bridgehead atoms. The van der Waals surface area contributed by atoms with Crippen LogP contribution in [-0.2, 0) is 4.74 Å². The lowest BCUT2D eigenvalue weighted by atomic mass is 10.0. The average molecular weight is 193 g/mol. The van der Waals surface area contributed by atoms with E-state index >= 15 is 0 Å². The standard InChI is InChI=1S/C9H17F2NO/c1-12-5-4-7-2-3-8(6-7)13-9(10)11/h7-9,12H,2-6H2,1H3. The highest BCUT2D eigenvalue weighted by molar-refractivity contribution is 4.76. The summed E-state index contributed by atoms with van der Waals surface area (Å²) in [7, 11) is 1.90. The highest BCUT2D eigenvalue weighted by Crippen LogP contribution is 2.30. The van der Waals surface area contributed by atoms with E-state index in [0.29, 0.717) is 5.92 Å². The maximum absolute atomic E-state index is 11.8. The molecule has 0 spiro atoms. The summed E-state index contributed by atoms with van der Waals surface area (Å²) in [6, 6.07) is 0. The molecule has 1 aliphatic rings. The summed E-state index contributed by atoms with van der Waals surface area (Å²) in [5.74, 6) is 0.566. The van der Waals surface area contributed by atoms with Gasteiger partial charge in [0.05, 0.1) is 6.10 Å². The van der Waals surface area contributed by atoms with Crippen LogP contribution in [0, 0.1) is 5.92 Å². The molecule has 0 aliphatic heterocycles. The van der Waals surface area contributed by atoms with Gasteiger partial charge in [-0.25, -0.2) is 0 Å². The van der Waals surface area contributed by atoms with Gasteiger partial charge in [0.1, 0.15) is 0 Å². The van der Waals surface area contributed by atoms with Crippen LogP contribution in [0.4, 0.5) is 8.78 Å². The highest BCUT2D eigenvalue weighted by atomic mass is 19.3. The van der Waals surface area contributed by atoms with Gasteiger partial charge < -0.3 is 10.1 Å². The van der Waals surface area contributed by atoms with Gasteiger partial charge >= 0.3 is 6.61 Å². The van der Waals surface area contributed by atoms with E-state index < -0.39 is 6.61 Å².